The van der Waals surface area contributed by atoms with Gasteiger partial charge >= 0.3 is 5.97 Å². The third-order valence-corrected chi connectivity index (χ3v) is 4.28. The van der Waals surface area contributed by atoms with E-state index < -0.39 is 17.5 Å². The third kappa shape index (κ3) is 4.98. The number of ketones is 1. The van der Waals surface area contributed by atoms with Gasteiger partial charge in [0.2, 0.25) is 6.79 Å². The van der Waals surface area contributed by atoms with Crippen LogP contribution in [0.25, 0.3) is 6.08 Å². The number of ether oxygens (including phenoxy) is 3. The van der Waals surface area contributed by atoms with Gasteiger partial charge in [-0.3, -0.25) is 14.9 Å². The third-order valence-electron chi connectivity index (χ3n) is 4.28. The monoisotopic (exact) mass is 397 g/mol. The SMILES string of the molecule is CCCc1ccc(C(=O)COC(=O)/C=C/c2cc3c(cc2[N+](=O)[O-])OCO3)cc1. The molecule has 150 valence electrons. The van der Waals surface area contributed by atoms with Gasteiger partial charge in [0, 0.05) is 11.6 Å². The Kier molecular flexibility index (Phi) is 6.23. The highest BCUT2D eigenvalue weighted by Crippen LogP contribution is 2.38. The molecule has 1 aliphatic heterocycles. The minimum atomic E-state index is -0.784. The molecule has 2 aromatic carbocycles. The van der Waals surface area contributed by atoms with E-state index in [-0.39, 0.29) is 29.6 Å². The fraction of sp³-hybridized carbons (Fsp3) is 0.238. The average Bonchev–Trinajstić information content (AvgIpc) is 3.18. The van der Waals surface area contributed by atoms with Gasteiger partial charge in [0.05, 0.1) is 16.6 Å². The number of benzene rings is 2. The van der Waals surface area contributed by atoms with Gasteiger partial charge in [0.25, 0.3) is 5.69 Å². The zero-order valence-corrected chi connectivity index (χ0v) is 15.8. The molecule has 8 heteroatoms. The number of nitro groups is 1. The second-order valence-corrected chi connectivity index (χ2v) is 6.33. The molecule has 1 aliphatic rings. The van der Waals surface area contributed by atoms with Crippen molar-refractivity contribution < 1.29 is 28.7 Å². The number of hydrogen-bond donors (Lipinski definition) is 0. The number of fused-ring (bicyclic) bond motifs is 1. The van der Waals surface area contributed by atoms with E-state index in [2.05, 4.69) is 6.92 Å². The Labute approximate surface area is 166 Å². The lowest BCUT2D eigenvalue weighted by Gasteiger charge is -2.04. The van der Waals surface area contributed by atoms with Crippen molar-refractivity contribution in [2.45, 2.75) is 19.8 Å². The quantitative estimate of drug-likeness (QED) is 0.220. The number of nitrogens with zero attached hydrogens (tertiary/aromatic N) is 1. The number of esters is 1. The van der Waals surface area contributed by atoms with Crippen molar-refractivity contribution in [3.63, 3.8) is 0 Å². The van der Waals surface area contributed by atoms with Crippen LogP contribution in [0.3, 0.4) is 0 Å². The number of carbonyl (C=O) groups excluding carboxylic acids is 2. The molecular weight excluding hydrogens is 378 g/mol. The van der Waals surface area contributed by atoms with Crippen LogP contribution < -0.4 is 9.47 Å². The summed E-state index contributed by atoms with van der Waals surface area (Å²) in [4.78, 5) is 34.7. The molecule has 2 aromatic rings. The highest BCUT2D eigenvalue weighted by atomic mass is 16.7. The van der Waals surface area contributed by atoms with Crippen LogP contribution in [-0.2, 0) is 16.0 Å². The second kappa shape index (κ2) is 9.01. The van der Waals surface area contributed by atoms with Crippen LogP contribution in [0.2, 0.25) is 0 Å². The van der Waals surface area contributed by atoms with Crippen LogP contribution >= 0.6 is 0 Å². The summed E-state index contributed by atoms with van der Waals surface area (Å²) in [6, 6.07) is 9.79. The van der Waals surface area contributed by atoms with E-state index >= 15 is 0 Å². The molecule has 29 heavy (non-hydrogen) atoms. The molecule has 0 fully saturated rings. The molecule has 0 atom stereocenters. The lowest BCUT2D eigenvalue weighted by atomic mass is 10.1. The van der Waals surface area contributed by atoms with Crippen LogP contribution in [0.1, 0.15) is 34.8 Å². The highest BCUT2D eigenvalue weighted by molar-refractivity contribution is 5.99. The first kappa shape index (κ1) is 20.1. The number of hydrogen-bond acceptors (Lipinski definition) is 7. The van der Waals surface area contributed by atoms with Crippen molar-refractivity contribution in [2.24, 2.45) is 0 Å². The van der Waals surface area contributed by atoms with E-state index in [1.165, 1.54) is 18.2 Å². The molecule has 8 nitrogen and oxygen atoms in total. The maximum atomic E-state index is 12.1. The van der Waals surface area contributed by atoms with Gasteiger partial charge in [0.15, 0.2) is 23.9 Å². The van der Waals surface area contributed by atoms with Crippen molar-refractivity contribution in [3.05, 3.63) is 69.3 Å². The van der Waals surface area contributed by atoms with Crippen LogP contribution in [0.4, 0.5) is 5.69 Å². The second-order valence-electron chi connectivity index (χ2n) is 6.33. The van der Waals surface area contributed by atoms with E-state index in [4.69, 9.17) is 14.2 Å². The topological polar surface area (TPSA) is 105 Å². The normalized spacial score (nSPS) is 12.2. The van der Waals surface area contributed by atoms with Crippen LogP contribution in [0.15, 0.2) is 42.5 Å². The molecule has 0 saturated carbocycles. The number of nitro benzene ring substituents is 1. The number of aryl methyl sites for hydroxylation is 1. The Morgan fingerprint density at radius 1 is 1.17 bits per heavy atom. The lowest BCUT2D eigenvalue weighted by Crippen LogP contribution is -2.12. The van der Waals surface area contributed by atoms with E-state index in [1.54, 1.807) is 12.1 Å². The van der Waals surface area contributed by atoms with E-state index in [1.807, 2.05) is 12.1 Å². The lowest BCUT2D eigenvalue weighted by molar-refractivity contribution is -0.385. The molecule has 0 spiro atoms. The fourth-order valence-corrected chi connectivity index (χ4v) is 2.81. The maximum absolute atomic E-state index is 12.1. The van der Waals surface area contributed by atoms with E-state index in [9.17, 15) is 19.7 Å². The van der Waals surface area contributed by atoms with E-state index in [0.717, 1.165) is 24.5 Å². The van der Waals surface area contributed by atoms with Crippen LogP contribution in [-0.4, -0.2) is 30.1 Å². The molecule has 0 bridgehead atoms. The summed E-state index contributed by atoms with van der Waals surface area (Å²) in [5.41, 5.74) is 1.51. The summed E-state index contributed by atoms with van der Waals surface area (Å²) in [5, 5.41) is 11.2. The molecule has 0 N–H and O–H groups in total. The summed E-state index contributed by atoms with van der Waals surface area (Å²) in [7, 11) is 0. The van der Waals surface area contributed by atoms with Gasteiger partial charge in [-0.1, -0.05) is 37.6 Å². The summed E-state index contributed by atoms with van der Waals surface area (Å²) in [6.07, 6.45) is 4.22. The zero-order chi connectivity index (χ0) is 20.8. The molecule has 0 aromatic heterocycles. The van der Waals surface area contributed by atoms with E-state index in [0.29, 0.717) is 11.3 Å². The number of rotatable bonds is 8. The van der Waals surface area contributed by atoms with Crippen LogP contribution in [0, 0.1) is 10.1 Å². The van der Waals surface area contributed by atoms with Crippen molar-refractivity contribution in [1.82, 2.24) is 0 Å². The molecule has 1 heterocycles. The minimum Gasteiger partial charge on any atom is -0.454 e. The van der Waals surface area contributed by atoms with Gasteiger partial charge in [0.1, 0.15) is 0 Å². The van der Waals surface area contributed by atoms with Crippen molar-refractivity contribution in [2.75, 3.05) is 13.4 Å². The fourth-order valence-electron chi connectivity index (χ4n) is 2.81. The van der Waals surface area contributed by atoms with Gasteiger partial charge in [-0.15, -0.1) is 0 Å². The number of carbonyl (C=O) groups is 2. The summed E-state index contributed by atoms with van der Waals surface area (Å²) < 4.78 is 15.3. The van der Waals surface area contributed by atoms with Gasteiger partial charge in [-0.05, 0) is 24.1 Å². The molecule has 0 amide bonds. The van der Waals surface area contributed by atoms with Crippen molar-refractivity contribution >= 4 is 23.5 Å². The average molecular weight is 397 g/mol. The molecule has 0 unspecified atom stereocenters. The van der Waals surface area contributed by atoms with Crippen molar-refractivity contribution in [3.8, 4) is 11.5 Å². The Balaban J connectivity index is 1.61. The first-order chi connectivity index (χ1) is 14.0. The molecule has 0 saturated heterocycles. The van der Waals surface area contributed by atoms with Gasteiger partial charge in [-0.25, -0.2) is 4.79 Å². The minimum absolute atomic E-state index is 0.0246. The summed E-state index contributed by atoms with van der Waals surface area (Å²) in [5.74, 6) is -0.492. The Bertz CT molecular complexity index is 964. The van der Waals surface area contributed by atoms with Gasteiger partial charge in [-0.2, -0.15) is 0 Å². The largest absolute Gasteiger partial charge is 0.454 e. The number of Topliss-reactive ketones (excluding diaryl/α,β-unsaturated/α-hetero) is 1. The first-order valence-corrected chi connectivity index (χ1v) is 9.03. The summed E-state index contributed by atoms with van der Waals surface area (Å²) >= 11 is 0. The highest BCUT2D eigenvalue weighted by Gasteiger charge is 2.22. The standard InChI is InChI=1S/C21H19NO7/c1-2-3-14-4-6-15(7-5-14)18(23)12-27-21(24)9-8-16-10-19-20(29-13-28-19)11-17(16)22(25)26/h4-11H,2-3,12-13H2,1H3/b9-8+. The summed E-state index contributed by atoms with van der Waals surface area (Å²) in [6.45, 7) is 1.63. The first-order valence-electron chi connectivity index (χ1n) is 9.03. The Morgan fingerprint density at radius 3 is 2.52 bits per heavy atom. The molecular formula is C21H19NO7. The Hall–Kier alpha value is -3.68. The molecule has 0 aliphatic carbocycles. The van der Waals surface area contributed by atoms with Gasteiger partial charge < -0.3 is 14.2 Å². The predicted octanol–water partition coefficient (Wildman–Crippen LogP) is 3.72. The predicted molar refractivity (Wildman–Crippen MR) is 104 cm³/mol. The smallest absolute Gasteiger partial charge is 0.331 e. The molecule has 3 rings (SSSR count). The van der Waals surface area contributed by atoms with Crippen LogP contribution in [0.5, 0.6) is 11.5 Å². The molecule has 0 radical (unpaired) electrons. The van der Waals surface area contributed by atoms with Crippen molar-refractivity contribution in [1.29, 1.82) is 0 Å². The maximum Gasteiger partial charge on any atom is 0.331 e. The Morgan fingerprint density at radius 2 is 1.86 bits per heavy atom. The zero-order valence-electron chi connectivity index (χ0n) is 15.8.